The Hall–Kier alpha value is -1.54. The maximum Gasteiger partial charge on any atom is 0.324 e. The van der Waals surface area contributed by atoms with E-state index in [-0.39, 0.29) is 0 Å². The Labute approximate surface area is 122 Å². The SMILES string of the molecule is C[C@@H](NS(=O)(=O)c1cc(F)cc(F)c1)C(=O)OC(C)(C)C. The molecule has 0 saturated heterocycles. The maximum absolute atomic E-state index is 13.1. The molecule has 1 N–H and O–H groups in total. The summed E-state index contributed by atoms with van der Waals surface area (Å²) in [7, 11) is -4.24. The van der Waals surface area contributed by atoms with Gasteiger partial charge in [-0.15, -0.1) is 0 Å². The smallest absolute Gasteiger partial charge is 0.324 e. The Kier molecular flexibility index (Phi) is 5.06. The van der Waals surface area contributed by atoms with E-state index in [0.717, 1.165) is 0 Å². The summed E-state index contributed by atoms with van der Waals surface area (Å²) >= 11 is 0. The molecule has 0 spiro atoms. The zero-order valence-corrected chi connectivity index (χ0v) is 12.9. The molecule has 1 aromatic rings. The summed E-state index contributed by atoms with van der Waals surface area (Å²) in [5.74, 6) is -2.84. The van der Waals surface area contributed by atoms with Gasteiger partial charge in [0.05, 0.1) is 4.90 Å². The zero-order valence-electron chi connectivity index (χ0n) is 12.1. The lowest BCUT2D eigenvalue weighted by Gasteiger charge is -2.22. The van der Waals surface area contributed by atoms with E-state index >= 15 is 0 Å². The summed E-state index contributed by atoms with van der Waals surface area (Å²) in [5.41, 5.74) is -0.776. The molecule has 0 aliphatic carbocycles. The van der Waals surface area contributed by atoms with Crippen LogP contribution >= 0.6 is 0 Å². The molecule has 0 bridgehead atoms. The second-order valence-electron chi connectivity index (χ2n) is 5.48. The van der Waals surface area contributed by atoms with E-state index in [2.05, 4.69) is 0 Å². The van der Waals surface area contributed by atoms with Crippen LogP contribution in [0.2, 0.25) is 0 Å². The number of hydrogen-bond acceptors (Lipinski definition) is 4. The van der Waals surface area contributed by atoms with Gasteiger partial charge in [-0.25, -0.2) is 17.2 Å². The Morgan fingerprint density at radius 1 is 1.19 bits per heavy atom. The molecule has 0 radical (unpaired) electrons. The number of esters is 1. The third-order valence-electron chi connectivity index (χ3n) is 2.24. The van der Waals surface area contributed by atoms with Gasteiger partial charge in [-0.1, -0.05) is 0 Å². The van der Waals surface area contributed by atoms with Crippen LogP contribution in [0.1, 0.15) is 27.7 Å². The van der Waals surface area contributed by atoms with Crippen molar-refractivity contribution < 1.29 is 26.7 Å². The molecule has 0 saturated carbocycles. The molecule has 0 aromatic heterocycles. The van der Waals surface area contributed by atoms with E-state index in [4.69, 9.17) is 4.74 Å². The Morgan fingerprint density at radius 2 is 1.67 bits per heavy atom. The van der Waals surface area contributed by atoms with Crippen LogP contribution in [-0.4, -0.2) is 26.0 Å². The van der Waals surface area contributed by atoms with Crippen LogP contribution < -0.4 is 4.72 Å². The van der Waals surface area contributed by atoms with Crippen molar-refractivity contribution in [2.45, 2.75) is 44.2 Å². The molecule has 8 heteroatoms. The van der Waals surface area contributed by atoms with Gasteiger partial charge >= 0.3 is 5.97 Å². The highest BCUT2D eigenvalue weighted by Crippen LogP contribution is 2.15. The van der Waals surface area contributed by atoms with Crippen molar-refractivity contribution in [2.75, 3.05) is 0 Å². The lowest BCUT2D eigenvalue weighted by atomic mass is 10.2. The van der Waals surface area contributed by atoms with Gasteiger partial charge in [-0.05, 0) is 39.8 Å². The Balaban J connectivity index is 2.92. The van der Waals surface area contributed by atoms with E-state index < -0.39 is 44.2 Å². The lowest BCUT2D eigenvalue weighted by Crippen LogP contribution is -2.42. The minimum atomic E-state index is -4.24. The molecule has 1 aromatic carbocycles. The molecule has 0 aliphatic rings. The quantitative estimate of drug-likeness (QED) is 0.861. The molecule has 0 amide bonds. The minimum Gasteiger partial charge on any atom is -0.459 e. The number of hydrogen-bond donors (Lipinski definition) is 1. The molecule has 0 fully saturated rings. The number of carbonyl (C=O) groups excluding carboxylic acids is 1. The predicted octanol–water partition coefficient (Wildman–Crippen LogP) is 1.97. The number of ether oxygens (including phenoxy) is 1. The van der Waals surface area contributed by atoms with Gasteiger partial charge in [0.2, 0.25) is 10.0 Å². The topological polar surface area (TPSA) is 72.5 Å². The van der Waals surface area contributed by atoms with Gasteiger partial charge in [0.25, 0.3) is 0 Å². The highest BCUT2D eigenvalue weighted by Gasteiger charge is 2.27. The number of benzene rings is 1. The fourth-order valence-corrected chi connectivity index (χ4v) is 2.66. The predicted molar refractivity (Wildman–Crippen MR) is 72.0 cm³/mol. The van der Waals surface area contributed by atoms with E-state index in [1.807, 2.05) is 4.72 Å². The fraction of sp³-hybridized carbons (Fsp3) is 0.462. The summed E-state index contributed by atoms with van der Waals surface area (Å²) in [6.45, 7) is 6.18. The van der Waals surface area contributed by atoms with Crippen molar-refractivity contribution in [3.8, 4) is 0 Å². The van der Waals surface area contributed by atoms with Crippen molar-refractivity contribution in [1.82, 2.24) is 4.72 Å². The third kappa shape index (κ3) is 5.39. The third-order valence-corrected chi connectivity index (χ3v) is 3.76. The average molecular weight is 321 g/mol. The summed E-state index contributed by atoms with van der Waals surface area (Å²) < 4.78 is 57.1. The van der Waals surface area contributed by atoms with Crippen LogP contribution in [0, 0.1) is 11.6 Å². The van der Waals surface area contributed by atoms with Crippen LogP contribution in [0.5, 0.6) is 0 Å². The summed E-state index contributed by atoms with van der Waals surface area (Å²) in [6.07, 6.45) is 0. The highest BCUT2D eigenvalue weighted by molar-refractivity contribution is 7.89. The van der Waals surface area contributed by atoms with Crippen molar-refractivity contribution >= 4 is 16.0 Å². The normalized spacial score (nSPS) is 13.8. The Morgan fingerprint density at radius 3 is 2.10 bits per heavy atom. The van der Waals surface area contributed by atoms with Gasteiger partial charge in [-0.3, -0.25) is 4.79 Å². The highest BCUT2D eigenvalue weighted by atomic mass is 32.2. The van der Waals surface area contributed by atoms with E-state index in [1.165, 1.54) is 6.92 Å². The molecule has 118 valence electrons. The first kappa shape index (κ1) is 17.5. The van der Waals surface area contributed by atoms with E-state index in [9.17, 15) is 22.0 Å². The summed E-state index contributed by atoms with van der Waals surface area (Å²) in [6, 6.07) is 0.678. The first-order valence-corrected chi connectivity index (χ1v) is 7.60. The number of carbonyl (C=O) groups is 1. The standard InChI is InChI=1S/C13H17F2NO4S/c1-8(12(17)20-13(2,3)4)16-21(18,19)11-6-9(14)5-10(15)7-11/h5-8,16H,1-4H3/t8-/m1/s1. The van der Waals surface area contributed by atoms with Crippen LogP contribution in [0.4, 0.5) is 8.78 Å². The fourth-order valence-electron chi connectivity index (χ4n) is 1.42. The largest absolute Gasteiger partial charge is 0.459 e. The number of sulfonamides is 1. The van der Waals surface area contributed by atoms with Gasteiger partial charge in [0.15, 0.2) is 0 Å². The molecule has 1 rings (SSSR count). The lowest BCUT2D eigenvalue weighted by molar-refractivity contribution is -0.156. The summed E-state index contributed by atoms with van der Waals surface area (Å²) in [4.78, 5) is 11.1. The van der Waals surface area contributed by atoms with E-state index in [1.54, 1.807) is 20.8 Å². The van der Waals surface area contributed by atoms with E-state index in [0.29, 0.717) is 18.2 Å². The van der Waals surface area contributed by atoms with Gasteiger partial charge in [0.1, 0.15) is 23.3 Å². The van der Waals surface area contributed by atoms with Crippen LogP contribution in [0.3, 0.4) is 0 Å². The molecular formula is C13H17F2NO4S. The monoisotopic (exact) mass is 321 g/mol. The van der Waals surface area contributed by atoms with Crippen molar-refractivity contribution in [2.24, 2.45) is 0 Å². The van der Waals surface area contributed by atoms with Crippen molar-refractivity contribution in [3.63, 3.8) is 0 Å². The Bertz CT molecular complexity index is 618. The molecule has 0 aliphatic heterocycles. The van der Waals surface area contributed by atoms with Crippen LogP contribution in [0.15, 0.2) is 23.1 Å². The molecule has 1 atom stereocenters. The molecule has 5 nitrogen and oxygen atoms in total. The maximum atomic E-state index is 13.1. The second-order valence-corrected chi connectivity index (χ2v) is 7.20. The summed E-state index contributed by atoms with van der Waals surface area (Å²) in [5, 5.41) is 0. The van der Waals surface area contributed by atoms with Gasteiger partial charge in [-0.2, -0.15) is 4.72 Å². The number of nitrogens with one attached hydrogen (secondary N) is 1. The first-order valence-electron chi connectivity index (χ1n) is 6.12. The molecule has 0 unspecified atom stereocenters. The van der Waals surface area contributed by atoms with Crippen LogP contribution in [0.25, 0.3) is 0 Å². The van der Waals surface area contributed by atoms with Crippen LogP contribution in [-0.2, 0) is 19.6 Å². The molecular weight excluding hydrogens is 304 g/mol. The van der Waals surface area contributed by atoms with Gasteiger partial charge in [0, 0.05) is 6.07 Å². The number of halogens is 2. The minimum absolute atomic E-state index is 0.552. The second kappa shape index (κ2) is 6.07. The first-order chi connectivity index (χ1) is 9.40. The molecule has 0 heterocycles. The zero-order chi connectivity index (χ0) is 16.4. The van der Waals surface area contributed by atoms with Crippen molar-refractivity contribution in [3.05, 3.63) is 29.8 Å². The average Bonchev–Trinajstić information content (AvgIpc) is 2.24. The van der Waals surface area contributed by atoms with Crippen molar-refractivity contribution in [1.29, 1.82) is 0 Å². The molecule has 21 heavy (non-hydrogen) atoms. The van der Waals surface area contributed by atoms with Gasteiger partial charge < -0.3 is 4.74 Å². The number of rotatable bonds is 4.